The second kappa shape index (κ2) is 2.58. The van der Waals surface area contributed by atoms with E-state index in [1.54, 1.807) is 12.5 Å². The molecule has 0 N–H and O–H groups in total. The standard InChI is InChI=1S/C8H5BrO2/c9-8-2-1-7(11-8)6-3-4-10-5-6/h1-5H. The molecule has 0 atom stereocenters. The van der Waals surface area contributed by atoms with E-state index < -0.39 is 0 Å². The summed E-state index contributed by atoms with van der Waals surface area (Å²) >= 11 is 3.22. The zero-order chi connectivity index (χ0) is 7.68. The molecule has 0 aromatic carbocycles. The molecule has 0 spiro atoms. The van der Waals surface area contributed by atoms with Crippen LogP contribution in [-0.2, 0) is 0 Å². The van der Waals surface area contributed by atoms with Crippen LogP contribution in [0.1, 0.15) is 0 Å². The highest BCUT2D eigenvalue weighted by atomic mass is 79.9. The molecule has 0 bridgehead atoms. The van der Waals surface area contributed by atoms with Gasteiger partial charge >= 0.3 is 0 Å². The fourth-order valence-electron chi connectivity index (χ4n) is 0.874. The molecule has 11 heavy (non-hydrogen) atoms. The van der Waals surface area contributed by atoms with E-state index in [2.05, 4.69) is 15.9 Å². The van der Waals surface area contributed by atoms with Gasteiger partial charge < -0.3 is 8.83 Å². The van der Waals surface area contributed by atoms with Gasteiger partial charge in [-0.2, -0.15) is 0 Å². The highest BCUT2D eigenvalue weighted by molar-refractivity contribution is 9.10. The molecular formula is C8H5BrO2. The number of halogens is 1. The van der Waals surface area contributed by atoms with E-state index in [9.17, 15) is 0 Å². The number of furan rings is 2. The van der Waals surface area contributed by atoms with Crippen molar-refractivity contribution in [2.75, 3.05) is 0 Å². The molecular weight excluding hydrogens is 208 g/mol. The first-order valence-electron chi connectivity index (χ1n) is 3.14. The second-order valence-electron chi connectivity index (χ2n) is 2.12. The first-order chi connectivity index (χ1) is 5.36. The quantitative estimate of drug-likeness (QED) is 0.726. The van der Waals surface area contributed by atoms with E-state index in [0.29, 0.717) is 0 Å². The van der Waals surface area contributed by atoms with Gasteiger partial charge in [-0.05, 0) is 34.1 Å². The van der Waals surface area contributed by atoms with Gasteiger partial charge in [0, 0.05) is 0 Å². The maximum Gasteiger partial charge on any atom is 0.169 e. The van der Waals surface area contributed by atoms with E-state index in [0.717, 1.165) is 16.0 Å². The molecule has 56 valence electrons. The summed E-state index contributed by atoms with van der Waals surface area (Å²) in [6.45, 7) is 0. The Morgan fingerprint density at radius 3 is 2.64 bits per heavy atom. The highest BCUT2D eigenvalue weighted by Gasteiger charge is 2.02. The van der Waals surface area contributed by atoms with Gasteiger partial charge in [0.2, 0.25) is 0 Å². The van der Waals surface area contributed by atoms with Gasteiger partial charge in [0.05, 0.1) is 11.8 Å². The van der Waals surface area contributed by atoms with Crippen molar-refractivity contribution < 1.29 is 8.83 Å². The van der Waals surface area contributed by atoms with Gasteiger partial charge in [-0.1, -0.05) is 0 Å². The Hall–Kier alpha value is -0.960. The first-order valence-corrected chi connectivity index (χ1v) is 3.93. The van der Waals surface area contributed by atoms with Crippen LogP contribution in [0.15, 0.2) is 44.2 Å². The van der Waals surface area contributed by atoms with E-state index >= 15 is 0 Å². The van der Waals surface area contributed by atoms with Crippen LogP contribution in [0.25, 0.3) is 11.3 Å². The molecule has 0 aliphatic carbocycles. The van der Waals surface area contributed by atoms with Crippen LogP contribution in [0.3, 0.4) is 0 Å². The average Bonchev–Trinajstić information content (AvgIpc) is 2.55. The molecule has 3 heteroatoms. The number of rotatable bonds is 1. The topological polar surface area (TPSA) is 26.3 Å². The summed E-state index contributed by atoms with van der Waals surface area (Å²) in [5.74, 6) is 0.811. The third-order valence-corrected chi connectivity index (χ3v) is 1.81. The monoisotopic (exact) mass is 212 g/mol. The van der Waals surface area contributed by atoms with Crippen molar-refractivity contribution in [3.63, 3.8) is 0 Å². The van der Waals surface area contributed by atoms with Crippen LogP contribution >= 0.6 is 15.9 Å². The maximum absolute atomic E-state index is 5.28. The second-order valence-corrected chi connectivity index (χ2v) is 2.90. The van der Waals surface area contributed by atoms with Crippen LogP contribution in [0.5, 0.6) is 0 Å². The molecule has 2 aromatic heterocycles. The molecule has 0 radical (unpaired) electrons. The Kier molecular flexibility index (Phi) is 1.58. The van der Waals surface area contributed by atoms with Crippen LogP contribution in [-0.4, -0.2) is 0 Å². The van der Waals surface area contributed by atoms with E-state index in [1.165, 1.54) is 0 Å². The lowest BCUT2D eigenvalue weighted by molar-refractivity contribution is 0.548. The van der Waals surface area contributed by atoms with Crippen molar-refractivity contribution >= 4 is 15.9 Å². The van der Waals surface area contributed by atoms with Crippen LogP contribution in [0, 0.1) is 0 Å². The Morgan fingerprint density at radius 1 is 1.18 bits per heavy atom. The summed E-state index contributed by atoms with van der Waals surface area (Å²) in [5.41, 5.74) is 0.954. The molecule has 0 amide bonds. The molecule has 0 saturated carbocycles. The number of hydrogen-bond donors (Lipinski definition) is 0. The van der Waals surface area contributed by atoms with E-state index in [4.69, 9.17) is 8.83 Å². The molecule has 0 saturated heterocycles. The smallest absolute Gasteiger partial charge is 0.169 e. The lowest BCUT2D eigenvalue weighted by Gasteiger charge is -1.85. The van der Waals surface area contributed by atoms with Crippen molar-refractivity contribution in [2.45, 2.75) is 0 Å². The molecule has 2 rings (SSSR count). The molecule has 0 aliphatic heterocycles. The van der Waals surface area contributed by atoms with E-state index in [1.807, 2.05) is 18.2 Å². The third-order valence-electron chi connectivity index (χ3n) is 1.38. The maximum atomic E-state index is 5.28. The minimum absolute atomic E-state index is 0.730. The predicted octanol–water partition coefficient (Wildman–Crippen LogP) is 3.30. The van der Waals surface area contributed by atoms with Crippen molar-refractivity contribution in [2.24, 2.45) is 0 Å². The summed E-state index contributed by atoms with van der Waals surface area (Å²) in [6.07, 6.45) is 3.26. The van der Waals surface area contributed by atoms with Gasteiger partial charge in [0.15, 0.2) is 4.67 Å². The number of hydrogen-bond acceptors (Lipinski definition) is 2. The van der Waals surface area contributed by atoms with Gasteiger partial charge in [0.25, 0.3) is 0 Å². The summed E-state index contributed by atoms with van der Waals surface area (Å²) in [6, 6.07) is 5.59. The van der Waals surface area contributed by atoms with Crippen molar-refractivity contribution in [1.82, 2.24) is 0 Å². The van der Waals surface area contributed by atoms with Gasteiger partial charge in [-0.15, -0.1) is 0 Å². The molecule has 2 aromatic rings. The first kappa shape index (κ1) is 6.73. The van der Waals surface area contributed by atoms with Gasteiger partial charge in [-0.25, -0.2) is 0 Å². The molecule has 0 fully saturated rings. The van der Waals surface area contributed by atoms with Gasteiger partial charge in [0.1, 0.15) is 12.0 Å². The zero-order valence-electron chi connectivity index (χ0n) is 5.58. The van der Waals surface area contributed by atoms with Crippen molar-refractivity contribution in [1.29, 1.82) is 0 Å². The fourth-order valence-corrected chi connectivity index (χ4v) is 1.18. The summed E-state index contributed by atoms with van der Waals surface area (Å²) in [4.78, 5) is 0. The Morgan fingerprint density at radius 2 is 2.09 bits per heavy atom. The minimum atomic E-state index is 0.730. The minimum Gasteiger partial charge on any atom is -0.472 e. The van der Waals surface area contributed by atoms with Crippen LogP contribution in [0.2, 0.25) is 0 Å². The summed E-state index contributed by atoms with van der Waals surface area (Å²) in [7, 11) is 0. The van der Waals surface area contributed by atoms with Crippen LogP contribution < -0.4 is 0 Å². The Bertz CT molecular complexity index is 335. The summed E-state index contributed by atoms with van der Waals surface area (Å²) in [5, 5.41) is 0. The molecule has 0 aliphatic rings. The van der Waals surface area contributed by atoms with E-state index in [-0.39, 0.29) is 0 Å². The molecule has 2 nitrogen and oxygen atoms in total. The molecule has 2 heterocycles. The lowest BCUT2D eigenvalue weighted by atomic mass is 10.3. The largest absolute Gasteiger partial charge is 0.472 e. The normalized spacial score (nSPS) is 10.3. The lowest BCUT2D eigenvalue weighted by Crippen LogP contribution is -1.62. The van der Waals surface area contributed by atoms with Crippen LogP contribution in [0.4, 0.5) is 0 Å². The van der Waals surface area contributed by atoms with Crippen molar-refractivity contribution in [3.05, 3.63) is 35.4 Å². The van der Waals surface area contributed by atoms with Crippen molar-refractivity contribution in [3.8, 4) is 11.3 Å². The molecule has 0 unspecified atom stereocenters. The van der Waals surface area contributed by atoms with Gasteiger partial charge in [-0.3, -0.25) is 0 Å². The Labute approximate surface area is 71.9 Å². The zero-order valence-corrected chi connectivity index (χ0v) is 7.17. The fraction of sp³-hybridized carbons (Fsp3) is 0. The Balaban J connectivity index is 2.45. The SMILES string of the molecule is Brc1ccc(-c2ccoc2)o1. The predicted molar refractivity (Wildman–Crippen MR) is 44.1 cm³/mol. The highest BCUT2D eigenvalue weighted by Crippen LogP contribution is 2.24. The third kappa shape index (κ3) is 1.24. The average molecular weight is 213 g/mol. The summed E-state index contributed by atoms with van der Waals surface area (Å²) < 4.78 is 10.9.